The molecule has 0 radical (unpaired) electrons. The molecule has 2 heterocycles. The van der Waals surface area contributed by atoms with E-state index in [2.05, 4.69) is 27.1 Å². The molecule has 0 unspecified atom stereocenters. The molecule has 0 aliphatic heterocycles. The number of hydrogen-bond donors (Lipinski definition) is 2. The third-order valence-corrected chi connectivity index (χ3v) is 4.00. The van der Waals surface area contributed by atoms with E-state index >= 15 is 0 Å². The minimum atomic E-state index is -0.285. The highest BCUT2D eigenvalue weighted by molar-refractivity contribution is 5.94. The van der Waals surface area contributed by atoms with E-state index in [0.29, 0.717) is 11.4 Å². The molecule has 2 aromatic heterocycles. The molecule has 0 amide bonds. The lowest BCUT2D eigenvalue weighted by atomic mass is 10.2. The van der Waals surface area contributed by atoms with Gasteiger partial charge in [-0.1, -0.05) is 38.0 Å². The van der Waals surface area contributed by atoms with Crippen molar-refractivity contribution in [1.82, 2.24) is 14.5 Å². The lowest BCUT2D eigenvalue weighted by Gasteiger charge is -2.05. The maximum atomic E-state index is 11.5. The molecule has 7 nitrogen and oxygen atoms in total. The predicted molar refractivity (Wildman–Crippen MR) is 96.9 cm³/mol. The van der Waals surface area contributed by atoms with Gasteiger partial charge in [0.05, 0.1) is 5.52 Å². The van der Waals surface area contributed by atoms with Gasteiger partial charge >= 0.3 is 0 Å². The van der Waals surface area contributed by atoms with Crippen molar-refractivity contribution in [2.24, 2.45) is 10.2 Å². The van der Waals surface area contributed by atoms with Crippen molar-refractivity contribution in [2.45, 2.75) is 39.7 Å². The molecule has 7 heteroatoms. The zero-order valence-corrected chi connectivity index (χ0v) is 14.4. The summed E-state index contributed by atoms with van der Waals surface area (Å²) in [6.07, 6.45) is 3.18. The molecule has 3 rings (SSSR count). The van der Waals surface area contributed by atoms with Gasteiger partial charge in [0.15, 0.2) is 5.69 Å². The zero-order chi connectivity index (χ0) is 17.8. The molecule has 1 aromatic carbocycles. The molecule has 0 fully saturated rings. The van der Waals surface area contributed by atoms with E-state index < -0.39 is 0 Å². The second-order valence-electron chi connectivity index (χ2n) is 5.96. The molecule has 0 atom stereocenters. The van der Waals surface area contributed by atoms with Gasteiger partial charge in [0.25, 0.3) is 5.56 Å². The van der Waals surface area contributed by atoms with Crippen LogP contribution in [-0.2, 0) is 6.54 Å². The monoisotopic (exact) mass is 339 g/mol. The number of aryl methyl sites for hydroxylation is 2. The molecule has 0 saturated carbocycles. The van der Waals surface area contributed by atoms with Crippen LogP contribution in [0.2, 0.25) is 0 Å². The van der Waals surface area contributed by atoms with Crippen LogP contribution in [0.5, 0.6) is 5.88 Å². The quantitative estimate of drug-likeness (QED) is 0.516. The number of nitrogens with one attached hydrogen (secondary N) is 1. The Morgan fingerprint density at radius 3 is 2.80 bits per heavy atom. The summed E-state index contributed by atoms with van der Waals surface area (Å²) in [6.45, 7) is 4.57. The summed E-state index contributed by atoms with van der Waals surface area (Å²) in [6, 6.07) is 9.05. The third kappa shape index (κ3) is 3.60. The van der Waals surface area contributed by atoms with Crippen LogP contribution in [0.25, 0.3) is 10.9 Å². The SMILES string of the molecule is CCCCCn1c(O)c(N=Nc2nc(C)cc(=O)[nH]2)c2ccccc21. The normalized spacial score (nSPS) is 11.6. The van der Waals surface area contributed by atoms with Crippen LogP contribution >= 0.6 is 0 Å². The standard InChI is InChI=1S/C18H21N5O2/c1-3-4-7-10-23-14-9-6-5-8-13(14)16(17(23)25)21-22-18-19-12(2)11-15(24)20-18/h5-6,8-9,11,25H,3-4,7,10H2,1-2H3,(H,19,20,24). The number of fused-ring (bicyclic) bond motifs is 1. The van der Waals surface area contributed by atoms with Crippen molar-refractivity contribution < 1.29 is 5.11 Å². The van der Waals surface area contributed by atoms with E-state index in [0.717, 1.165) is 36.7 Å². The Morgan fingerprint density at radius 1 is 1.24 bits per heavy atom. The smallest absolute Gasteiger partial charge is 0.252 e. The molecule has 0 aliphatic carbocycles. The van der Waals surface area contributed by atoms with Crippen molar-refractivity contribution in [3.63, 3.8) is 0 Å². The number of hydrogen-bond acceptors (Lipinski definition) is 5. The van der Waals surface area contributed by atoms with Gasteiger partial charge in [0.2, 0.25) is 11.8 Å². The van der Waals surface area contributed by atoms with Gasteiger partial charge in [-0.2, -0.15) is 0 Å². The van der Waals surface area contributed by atoms with Crippen LogP contribution in [0.15, 0.2) is 45.4 Å². The highest BCUT2D eigenvalue weighted by Crippen LogP contribution is 2.39. The lowest BCUT2D eigenvalue weighted by molar-refractivity contribution is 0.417. The molecule has 130 valence electrons. The summed E-state index contributed by atoms with van der Waals surface area (Å²) in [4.78, 5) is 18.1. The number of H-pyrrole nitrogens is 1. The van der Waals surface area contributed by atoms with E-state index in [-0.39, 0.29) is 17.4 Å². The number of unbranched alkanes of at least 4 members (excludes halogenated alkanes) is 2. The second-order valence-corrected chi connectivity index (χ2v) is 5.96. The lowest BCUT2D eigenvalue weighted by Crippen LogP contribution is -2.05. The first-order valence-electron chi connectivity index (χ1n) is 8.40. The van der Waals surface area contributed by atoms with Crippen molar-refractivity contribution in [3.8, 4) is 5.88 Å². The van der Waals surface area contributed by atoms with E-state index in [4.69, 9.17) is 0 Å². The maximum Gasteiger partial charge on any atom is 0.252 e. The Kier molecular flexibility index (Phi) is 4.92. The minimum absolute atomic E-state index is 0.0797. The van der Waals surface area contributed by atoms with Gasteiger partial charge in [-0.3, -0.25) is 9.78 Å². The van der Waals surface area contributed by atoms with Crippen molar-refractivity contribution in [1.29, 1.82) is 0 Å². The molecule has 0 aliphatic rings. The first-order chi connectivity index (χ1) is 12.1. The van der Waals surface area contributed by atoms with E-state index in [1.165, 1.54) is 6.07 Å². The second kappa shape index (κ2) is 7.29. The third-order valence-electron chi connectivity index (χ3n) is 4.00. The van der Waals surface area contributed by atoms with Gasteiger partial charge in [-0.05, 0) is 19.4 Å². The fourth-order valence-corrected chi connectivity index (χ4v) is 2.82. The molecule has 0 saturated heterocycles. The molecular formula is C18H21N5O2. The largest absolute Gasteiger partial charge is 0.493 e. The molecule has 0 bridgehead atoms. The summed E-state index contributed by atoms with van der Waals surface area (Å²) in [5, 5.41) is 19.6. The topological polar surface area (TPSA) is 95.6 Å². The first-order valence-corrected chi connectivity index (χ1v) is 8.40. The first kappa shape index (κ1) is 16.9. The molecule has 2 N–H and O–H groups in total. The minimum Gasteiger partial charge on any atom is -0.493 e. The fraction of sp³-hybridized carbons (Fsp3) is 0.333. The predicted octanol–water partition coefficient (Wildman–Crippen LogP) is 4.34. The molecule has 3 aromatic rings. The van der Waals surface area contributed by atoms with E-state index in [1.807, 2.05) is 28.8 Å². The van der Waals surface area contributed by atoms with Crippen molar-refractivity contribution >= 4 is 22.5 Å². The Morgan fingerprint density at radius 2 is 2.04 bits per heavy atom. The van der Waals surface area contributed by atoms with Gasteiger partial charge in [-0.25, -0.2) is 4.98 Å². The highest BCUT2D eigenvalue weighted by Gasteiger charge is 2.16. The Labute approximate surface area is 145 Å². The number of aromatic nitrogens is 3. The Hall–Kier alpha value is -2.96. The molecule has 25 heavy (non-hydrogen) atoms. The number of nitrogens with zero attached hydrogens (tertiary/aromatic N) is 4. The molecule has 0 spiro atoms. The van der Waals surface area contributed by atoms with Crippen LogP contribution in [0.1, 0.15) is 31.9 Å². The van der Waals surface area contributed by atoms with Crippen LogP contribution in [0, 0.1) is 6.92 Å². The number of azo groups is 1. The van der Waals surface area contributed by atoms with Crippen molar-refractivity contribution in [2.75, 3.05) is 0 Å². The average molecular weight is 339 g/mol. The summed E-state index contributed by atoms with van der Waals surface area (Å²) in [5.74, 6) is 0.197. The Balaban J connectivity index is 2.02. The summed E-state index contributed by atoms with van der Waals surface area (Å²) < 4.78 is 1.85. The van der Waals surface area contributed by atoms with E-state index in [1.54, 1.807) is 6.92 Å². The number of para-hydroxylation sites is 1. The fourth-order valence-electron chi connectivity index (χ4n) is 2.82. The van der Waals surface area contributed by atoms with Crippen LogP contribution in [-0.4, -0.2) is 19.6 Å². The maximum absolute atomic E-state index is 11.5. The Bertz CT molecular complexity index is 971. The average Bonchev–Trinajstić information content (AvgIpc) is 2.84. The van der Waals surface area contributed by atoms with Gasteiger partial charge in [0, 0.05) is 23.7 Å². The summed E-state index contributed by atoms with van der Waals surface area (Å²) in [7, 11) is 0. The summed E-state index contributed by atoms with van der Waals surface area (Å²) >= 11 is 0. The summed E-state index contributed by atoms with van der Waals surface area (Å²) in [5.41, 5.74) is 1.57. The highest BCUT2D eigenvalue weighted by atomic mass is 16.3. The number of benzene rings is 1. The number of aromatic amines is 1. The van der Waals surface area contributed by atoms with Crippen LogP contribution in [0.4, 0.5) is 11.6 Å². The van der Waals surface area contributed by atoms with Gasteiger partial charge in [-0.15, -0.1) is 10.2 Å². The number of rotatable bonds is 6. The van der Waals surface area contributed by atoms with Crippen LogP contribution in [0.3, 0.4) is 0 Å². The van der Waals surface area contributed by atoms with Gasteiger partial charge < -0.3 is 9.67 Å². The zero-order valence-electron chi connectivity index (χ0n) is 14.4. The number of aromatic hydroxyl groups is 1. The van der Waals surface area contributed by atoms with Crippen molar-refractivity contribution in [3.05, 3.63) is 46.4 Å². The van der Waals surface area contributed by atoms with E-state index in [9.17, 15) is 9.90 Å². The molecular weight excluding hydrogens is 318 g/mol. The van der Waals surface area contributed by atoms with Crippen LogP contribution < -0.4 is 5.56 Å². The van der Waals surface area contributed by atoms with Gasteiger partial charge in [0.1, 0.15) is 0 Å².